The van der Waals surface area contributed by atoms with Gasteiger partial charge < -0.3 is 15.4 Å². The van der Waals surface area contributed by atoms with Crippen LogP contribution in [-0.2, 0) is 14.3 Å². The molecule has 0 spiro atoms. The summed E-state index contributed by atoms with van der Waals surface area (Å²) >= 11 is 0. The molecule has 0 saturated carbocycles. The Balaban J connectivity index is 4.67. The van der Waals surface area contributed by atoms with Gasteiger partial charge in [0.2, 0.25) is 5.91 Å². The van der Waals surface area contributed by atoms with Gasteiger partial charge in [0.25, 0.3) is 0 Å². The molecule has 106 valence electrons. The van der Waals surface area contributed by atoms with Crippen molar-refractivity contribution in [1.29, 1.82) is 0 Å². The summed E-state index contributed by atoms with van der Waals surface area (Å²) < 4.78 is 4.59. The summed E-state index contributed by atoms with van der Waals surface area (Å²) in [4.78, 5) is 25.1. The second-order valence-corrected chi connectivity index (χ2v) is 5.24. The molecule has 1 amide bonds. The largest absolute Gasteiger partial charge is 0.469 e. The number of hydrogen-bond acceptors (Lipinski definition) is 4. The molecule has 0 aromatic heterocycles. The maximum absolute atomic E-state index is 12.3. The molecule has 0 rings (SSSR count). The van der Waals surface area contributed by atoms with Crippen LogP contribution in [0, 0.1) is 5.92 Å². The van der Waals surface area contributed by atoms with Gasteiger partial charge in [-0.15, -0.1) is 0 Å². The second-order valence-electron chi connectivity index (χ2n) is 5.24. The van der Waals surface area contributed by atoms with E-state index >= 15 is 0 Å². The van der Waals surface area contributed by atoms with Crippen molar-refractivity contribution in [3.8, 4) is 0 Å². The Kier molecular flexibility index (Phi) is 6.91. The van der Waals surface area contributed by atoms with Crippen molar-refractivity contribution in [2.75, 3.05) is 20.2 Å². The summed E-state index contributed by atoms with van der Waals surface area (Å²) in [5, 5.41) is 0. The van der Waals surface area contributed by atoms with E-state index in [2.05, 4.69) is 4.74 Å². The predicted molar refractivity (Wildman–Crippen MR) is 70.9 cm³/mol. The number of methoxy groups -OCH3 is 1. The number of carbonyl (C=O) groups is 2. The van der Waals surface area contributed by atoms with E-state index in [0.29, 0.717) is 25.4 Å². The standard InChI is InChI=1S/C13H26N2O3/c1-6-13(4,14)12(17)15(9-10(2)3)8-7-11(16)18-5/h10H,6-9,14H2,1-5H3. The molecule has 0 heterocycles. The molecular weight excluding hydrogens is 232 g/mol. The number of nitrogens with two attached hydrogens (primary N) is 1. The normalized spacial score (nSPS) is 14.2. The lowest BCUT2D eigenvalue weighted by Gasteiger charge is -2.32. The summed E-state index contributed by atoms with van der Waals surface area (Å²) in [6, 6.07) is 0. The summed E-state index contributed by atoms with van der Waals surface area (Å²) in [5.74, 6) is -0.0892. The Hall–Kier alpha value is -1.10. The van der Waals surface area contributed by atoms with E-state index in [9.17, 15) is 9.59 Å². The fraction of sp³-hybridized carbons (Fsp3) is 0.846. The van der Waals surface area contributed by atoms with Crippen LogP contribution < -0.4 is 5.73 Å². The van der Waals surface area contributed by atoms with Crippen LogP contribution in [0.15, 0.2) is 0 Å². The minimum atomic E-state index is -0.870. The van der Waals surface area contributed by atoms with Crippen LogP contribution in [0.1, 0.15) is 40.5 Å². The molecule has 5 heteroatoms. The lowest BCUT2D eigenvalue weighted by molar-refractivity contribution is -0.143. The molecule has 0 aliphatic rings. The van der Waals surface area contributed by atoms with Crippen LogP contribution in [0.2, 0.25) is 0 Å². The number of nitrogens with zero attached hydrogens (tertiary/aromatic N) is 1. The zero-order valence-electron chi connectivity index (χ0n) is 12.2. The predicted octanol–water partition coefficient (Wildman–Crippen LogP) is 1.16. The highest BCUT2D eigenvalue weighted by molar-refractivity contribution is 5.86. The average molecular weight is 258 g/mol. The number of rotatable bonds is 7. The van der Waals surface area contributed by atoms with Gasteiger partial charge in [-0.1, -0.05) is 20.8 Å². The van der Waals surface area contributed by atoms with E-state index in [4.69, 9.17) is 5.73 Å². The molecule has 5 nitrogen and oxygen atoms in total. The third-order valence-corrected chi connectivity index (χ3v) is 2.91. The van der Waals surface area contributed by atoms with E-state index < -0.39 is 5.54 Å². The first-order valence-corrected chi connectivity index (χ1v) is 6.39. The van der Waals surface area contributed by atoms with Crippen molar-refractivity contribution in [2.45, 2.75) is 46.1 Å². The highest BCUT2D eigenvalue weighted by atomic mass is 16.5. The molecule has 0 saturated heterocycles. The topological polar surface area (TPSA) is 72.6 Å². The van der Waals surface area contributed by atoms with E-state index in [1.807, 2.05) is 20.8 Å². The molecule has 18 heavy (non-hydrogen) atoms. The van der Waals surface area contributed by atoms with Crippen molar-refractivity contribution in [1.82, 2.24) is 4.90 Å². The minimum absolute atomic E-state index is 0.109. The van der Waals surface area contributed by atoms with E-state index in [-0.39, 0.29) is 18.3 Å². The van der Waals surface area contributed by atoms with Crippen LogP contribution in [0.25, 0.3) is 0 Å². The van der Waals surface area contributed by atoms with Gasteiger partial charge in [-0.25, -0.2) is 0 Å². The number of ether oxygens (including phenoxy) is 1. The van der Waals surface area contributed by atoms with Crippen molar-refractivity contribution in [3.63, 3.8) is 0 Å². The SMILES string of the molecule is CCC(C)(N)C(=O)N(CCC(=O)OC)CC(C)C. The summed E-state index contributed by atoms with van der Waals surface area (Å²) in [7, 11) is 1.34. The summed E-state index contributed by atoms with van der Waals surface area (Å²) in [5.41, 5.74) is 5.10. The summed E-state index contributed by atoms with van der Waals surface area (Å²) in [6.45, 7) is 8.61. The number of esters is 1. The van der Waals surface area contributed by atoms with Gasteiger partial charge in [0.1, 0.15) is 0 Å². The molecule has 0 bridgehead atoms. The second kappa shape index (κ2) is 7.36. The number of amides is 1. The Morgan fingerprint density at radius 1 is 1.39 bits per heavy atom. The first kappa shape index (κ1) is 16.9. The smallest absolute Gasteiger partial charge is 0.307 e. The quantitative estimate of drug-likeness (QED) is 0.696. The van der Waals surface area contributed by atoms with Gasteiger partial charge in [-0.3, -0.25) is 9.59 Å². The highest BCUT2D eigenvalue weighted by Gasteiger charge is 2.31. The van der Waals surface area contributed by atoms with Gasteiger partial charge in [0.05, 0.1) is 19.1 Å². The zero-order valence-corrected chi connectivity index (χ0v) is 12.2. The lowest BCUT2D eigenvalue weighted by atomic mass is 9.98. The van der Waals surface area contributed by atoms with Crippen LogP contribution >= 0.6 is 0 Å². The minimum Gasteiger partial charge on any atom is -0.469 e. The maximum Gasteiger partial charge on any atom is 0.307 e. The van der Waals surface area contributed by atoms with Crippen molar-refractivity contribution < 1.29 is 14.3 Å². The molecule has 0 aliphatic carbocycles. The van der Waals surface area contributed by atoms with Crippen LogP contribution in [0.3, 0.4) is 0 Å². The van der Waals surface area contributed by atoms with Crippen LogP contribution in [0.4, 0.5) is 0 Å². The Labute approximate surface area is 110 Å². The fourth-order valence-electron chi connectivity index (χ4n) is 1.56. The molecule has 2 N–H and O–H groups in total. The average Bonchev–Trinajstić information content (AvgIpc) is 2.32. The van der Waals surface area contributed by atoms with Gasteiger partial charge in [0.15, 0.2) is 0 Å². The maximum atomic E-state index is 12.3. The Bertz CT molecular complexity index is 288. The van der Waals surface area contributed by atoms with Gasteiger partial charge in [-0.05, 0) is 19.3 Å². The third-order valence-electron chi connectivity index (χ3n) is 2.91. The Morgan fingerprint density at radius 2 is 1.94 bits per heavy atom. The number of carbonyl (C=O) groups excluding carboxylic acids is 2. The first-order valence-electron chi connectivity index (χ1n) is 6.39. The molecule has 1 atom stereocenters. The van der Waals surface area contributed by atoms with Crippen molar-refractivity contribution >= 4 is 11.9 Å². The molecule has 1 unspecified atom stereocenters. The lowest BCUT2D eigenvalue weighted by Crippen LogP contribution is -2.54. The van der Waals surface area contributed by atoms with Crippen molar-refractivity contribution in [3.05, 3.63) is 0 Å². The molecule has 0 aromatic rings. The molecule has 0 aliphatic heterocycles. The molecular formula is C13H26N2O3. The van der Waals surface area contributed by atoms with E-state index in [1.54, 1.807) is 11.8 Å². The third kappa shape index (κ3) is 5.49. The van der Waals surface area contributed by atoms with Gasteiger partial charge in [-0.2, -0.15) is 0 Å². The molecule has 0 fully saturated rings. The first-order chi connectivity index (χ1) is 8.24. The van der Waals surface area contributed by atoms with Gasteiger partial charge in [0, 0.05) is 13.1 Å². The summed E-state index contributed by atoms with van der Waals surface area (Å²) in [6.07, 6.45) is 0.771. The molecule has 0 aromatic carbocycles. The highest BCUT2D eigenvalue weighted by Crippen LogP contribution is 2.12. The van der Waals surface area contributed by atoms with E-state index in [0.717, 1.165) is 0 Å². The molecule has 0 radical (unpaired) electrons. The Morgan fingerprint density at radius 3 is 2.33 bits per heavy atom. The van der Waals surface area contributed by atoms with Gasteiger partial charge >= 0.3 is 5.97 Å². The van der Waals surface area contributed by atoms with Crippen LogP contribution in [0.5, 0.6) is 0 Å². The zero-order chi connectivity index (χ0) is 14.3. The fourth-order valence-corrected chi connectivity index (χ4v) is 1.56. The monoisotopic (exact) mass is 258 g/mol. The van der Waals surface area contributed by atoms with Crippen molar-refractivity contribution in [2.24, 2.45) is 11.7 Å². The van der Waals surface area contributed by atoms with E-state index in [1.165, 1.54) is 7.11 Å². The van der Waals surface area contributed by atoms with Crippen LogP contribution in [-0.4, -0.2) is 42.5 Å². The number of hydrogen-bond donors (Lipinski definition) is 1.